The Kier molecular flexibility index (Phi) is 4.09. The van der Waals surface area contributed by atoms with Gasteiger partial charge in [0, 0.05) is 6.42 Å². The molecule has 1 aliphatic heterocycles. The average Bonchev–Trinajstić information content (AvgIpc) is 3.09. The molecule has 2 fully saturated rings. The fourth-order valence-electron chi connectivity index (χ4n) is 3.53. The molecule has 1 aliphatic carbocycles. The van der Waals surface area contributed by atoms with Crippen molar-refractivity contribution in [2.45, 2.75) is 70.5 Å². The van der Waals surface area contributed by atoms with E-state index < -0.39 is 17.4 Å². The Morgan fingerprint density at radius 1 is 1.40 bits per heavy atom. The number of epoxide rings is 1. The van der Waals surface area contributed by atoms with E-state index in [-0.39, 0.29) is 24.0 Å². The van der Waals surface area contributed by atoms with Crippen LogP contribution in [0, 0.1) is 11.3 Å². The number of aliphatic carboxylic acids is 2. The van der Waals surface area contributed by atoms with E-state index in [0.717, 1.165) is 25.7 Å². The maximum Gasteiger partial charge on any atom is 0.309 e. The van der Waals surface area contributed by atoms with Gasteiger partial charge in [-0.1, -0.05) is 19.8 Å². The lowest BCUT2D eigenvalue weighted by atomic mass is 9.67. The number of carbonyl (C=O) groups is 2. The summed E-state index contributed by atoms with van der Waals surface area (Å²) in [5, 5.41) is 18.4. The third-order valence-corrected chi connectivity index (χ3v) is 5.26. The molecule has 1 saturated carbocycles. The minimum absolute atomic E-state index is 0.0152. The van der Waals surface area contributed by atoms with Crippen molar-refractivity contribution in [3.8, 4) is 0 Å². The second-order valence-electron chi connectivity index (χ2n) is 6.65. The zero-order valence-electron chi connectivity index (χ0n) is 12.2. The Morgan fingerprint density at radius 2 is 2.10 bits per heavy atom. The smallest absolute Gasteiger partial charge is 0.309 e. The molecule has 2 rings (SSSR count). The van der Waals surface area contributed by atoms with Gasteiger partial charge >= 0.3 is 11.9 Å². The molecule has 0 spiro atoms. The molecule has 5 heteroatoms. The lowest BCUT2D eigenvalue weighted by Gasteiger charge is -2.34. The predicted octanol–water partition coefficient (Wildman–Crippen LogP) is 2.68. The zero-order chi connectivity index (χ0) is 15.0. The van der Waals surface area contributed by atoms with Crippen molar-refractivity contribution in [2.24, 2.45) is 11.3 Å². The van der Waals surface area contributed by atoms with Crippen LogP contribution in [0.2, 0.25) is 0 Å². The van der Waals surface area contributed by atoms with Crippen LogP contribution in [0.1, 0.15) is 58.8 Å². The van der Waals surface area contributed by atoms with Gasteiger partial charge in [-0.3, -0.25) is 9.59 Å². The number of carboxylic acids is 2. The molecule has 2 aliphatic rings. The van der Waals surface area contributed by atoms with Gasteiger partial charge in [0.15, 0.2) is 0 Å². The van der Waals surface area contributed by atoms with Crippen LogP contribution in [0.15, 0.2) is 0 Å². The maximum absolute atomic E-state index is 11.7. The first-order chi connectivity index (χ1) is 9.30. The molecular formula is C15H24O5. The molecule has 20 heavy (non-hydrogen) atoms. The highest BCUT2D eigenvalue weighted by Crippen LogP contribution is 2.55. The van der Waals surface area contributed by atoms with E-state index in [1.807, 2.05) is 6.92 Å². The fraction of sp³-hybridized carbons (Fsp3) is 0.867. The summed E-state index contributed by atoms with van der Waals surface area (Å²) in [6.07, 6.45) is 5.34. The molecule has 0 amide bonds. The van der Waals surface area contributed by atoms with Crippen molar-refractivity contribution in [3.63, 3.8) is 0 Å². The van der Waals surface area contributed by atoms with E-state index in [0.29, 0.717) is 12.8 Å². The third-order valence-electron chi connectivity index (χ3n) is 5.26. The second kappa shape index (κ2) is 5.35. The highest BCUT2D eigenvalue weighted by Gasteiger charge is 2.61. The Bertz CT molecular complexity index is 407. The van der Waals surface area contributed by atoms with Gasteiger partial charge in [-0.2, -0.15) is 0 Å². The highest BCUT2D eigenvalue weighted by molar-refractivity contribution is 5.75. The van der Waals surface area contributed by atoms with Crippen LogP contribution in [0.4, 0.5) is 0 Å². The molecule has 4 atom stereocenters. The Balaban J connectivity index is 2.05. The van der Waals surface area contributed by atoms with Crippen LogP contribution in [0.3, 0.4) is 0 Å². The SMILES string of the molecule is CC(CCC(=O)O)C(C)(CC12CCCCC1O2)C(=O)O. The molecule has 0 aromatic heterocycles. The highest BCUT2D eigenvalue weighted by atomic mass is 16.6. The van der Waals surface area contributed by atoms with Gasteiger partial charge in [0.2, 0.25) is 0 Å². The Hall–Kier alpha value is -1.10. The molecule has 0 aromatic rings. The first-order valence-electron chi connectivity index (χ1n) is 7.43. The minimum atomic E-state index is -0.915. The zero-order valence-corrected chi connectivity index (χ0v) is 12.2. The standard InChI is InChI=1S/C15H24O5/c1-10(6-7-12(16)17)14(2,13(18)19)9-15-8-4-3-5-11(15)20-15/h10-11H,3-9H2,1-2H3,(H,16,17)(H,18,19). The summed E-state index contributed by atoms with van der Waals surface area (Å²) in [6.45, 7) is 3.58. The van der Waals surface area contributed by atoms with Crippen LogP contribution in [0.25, 0.3) is 0 Å². The van der Waals surface area contributed by atoms with Crippen molar-refractivity contribution >= 4 is 11.9 Å². The van der Waals surface area contributed by atoms with E-state index in [9.17, 15) is 14.7 Å². The molecule has 5 nitrogen and oxygen atoms in total. The summed E-state index contributed by atoms with van der Waals surface area (Å²) in [5.41, 5.74) is -1.16. The van der Waals surface area contributed by atoms with Gasteiger partial charge in [0.1, 0.15) is 0 Å². The monoisotopic (exact) mass is 284 g/mol. The summed E-state index contributed by atoms with van der Waals surface area (Å²) in [7, 11) is 0. The van der Waals surface area contributed by atoms with Crippen molar-refractivity contribution in [1.82, 2.24) is 0 Å². The number of carboxylic acid groups (broad SMARTS) is 2. The van der Waals surface area contributed by atoms with E-state index >= 15 is 0 Å². The summed E-state index contributed by atoms with van der Waals surface area (Å²) in [5.74, 6) is -1.90. The lowest BCUT2D eigenvalue weighted by molar-refractivity contribution is -0.154. The molecular weight excluding hydrogens is 260 g/mol. The normalized spacial score (nSPS) is 32.8. The van der Waals surface area contributed by atoms with Crippen molar-refractivity contribution in [3.05, 3.63) is 0 Å². The second-order valence-corrected chi connectivity index (χ2v) is 6.65. The van der Waals surface area contributed by atoms with E-state index in [2.05, 4.69) is 0 Å². The number of ether oxygens (including phenoxy) is 1. The molecule has 0 bridgehead atoms. The van der Waals surface area contributed by atoms with Gasteiger partial charge in [-0.05, 0) is 38.5 Å². The fourth-order valence-corrected chi connectivity index (χ4v) is 3.53. The molecule has 1 saturated heterocycles. The van der Waals surface area contributed by atoms with Crippen molar-refractivity contribution in [1.29, 1.82) is 0 Å². The summed E-state index contributed by atoms with van der Waals surface area (Å²) >= 11 is 0. The van der Waals surface area contributed by atoms with Crippen LogP contribution in [0.5, 0.6) is 0 Å². The number of rotatable bonds is 7. The molecule has 2 N–H and O–H groups in total. The van der Waals surface area contributed by atoms with E-state index in [1.54, 1.807) is 6.92 Å². The molecule has 1 heterocycles. The van der Waals surface area contributed by atoms with Crippen LogP contribution < -0.4 is 0 Å². The largest absolute Gasteiger partial charge is 0.481 e. The third kappa shape index (κ3) is 2.82. The van der Waals surface area contributed by atoms with Gasteiger partial charge in [0.05, 0.1) is 17.1 Å². The Morgan fingerprint density at radius 3 is 2.65 bits per heavy atom. The molecule has 4 unspecified atom stereocenters. The van der Waals surface area contributed by atoms with Gasteiger partial charge < -0.3 is 14.9 Å². The molecule has 0 radical (unpaired) electrons. The first kappa shape index (κ1) is 15.3. The van der Waals surface area contributed by atoms with Crippen LogP contribution in [-0.4, -0.2) is 33.9 Å². The Labute approximate surface area is 119 Å². The quantitative estimate of drug-likeness (QED) is 0.702. The first-order valence-corrected chi connectivity index (χ1v) is 7.43. The van der Waals surface area contributed by atoms with Crippen LogP contribution in [-0.2, 0) is 14.3 Å². The molecule has 114 valence electrons. The van der Waals surface area contributed by atoms with Crippen molar-refractivity contribution in [2.75, 3.05) is 0 Å². The van der Waals surface area contributed by atoms with Gasteiger partial charge in [0.25, 0.3) is 0 Å². The number of hydrogen-bond donors (Lipinski definition) is 2. The predicted molar refractivity (Wildman–Crippen MR) is 72.5 cm³/mol. The number of fused-ring (bicyclic) bond motifs is 1. The van der Waals surface area contributed by atoms with E-state index in [1.165, 1.54) is 0 Å². The summed E-state index contributed by atoms with van der Waals surface area (Å²) in [4.78, 5) is 22.4. The lowest BCUT2D eigenvalue weighted by Crippen LogP contribution is -2.40. The average molecular weight is 284 g/mol. The summed E-state index contributed by atoms with van der Waals surface area (Å²) < 4.78 is 5.81. The van der Waals surface area contributed by atoms with E-state index in [4.69, 9.17) is 9.84 Å². The number of hydrogen-bond acceptors (Lipinski definition) is 3. The van der Waals surface area contributed by atoms with Gasteiger partial charge in [-0.15, -0.1) is 0 Å². The summed E-state index contributed by atoms with van der Waals surface area (Å²) in [6, 6.07) is 0. The van der Waals surface area contributed by atoms with Gasteiger partial charge in [-0.25, -0.2) is 0 Å². The minimum Gasteiger partial charge on any atom is -0.481 e. The van der Waals surface area contributed by atoms with Crippen molar-refractivity contribution < 1.29 is 24.5 Å². The maximum atomic E-state index is 11.7. The van der Waals surface area contributed by atoms with Crippen LogP contribution >= 0.6 is 0 Å². The molecule has 0 aromatic carbocycles. The topological polar surface area (TPSA) is 87.1 Å².